The van der Waals surface area contributed by atoms with Crippen LogP contribution in [0.2, 0.25) is 0 Å². The fourth-order valence-electron chi connectivity index (χ4n) is 5.49. The van der Waals surface area contributed by atoms with Gasteiger partial charge in [0, 0.05) is 25.4 Å². The first-order valence-electron chi connectivity index (χ1n) is 13.2. The van der Waals surface area contributed by atoms with Gasteiger partial charge in [-0.25, -0.2) is 4.98 Å². The maximum absolute atomic E-state index is 12.3. The monoisotopic (exact) mass is 459 g/mol. The number of aryl methyl sites for hydroxylation is 3. The van der Waals surface area contributed by atoms with Crippen LogP contribution in [-0.2, 0) is 17.8 Å². The quantitative estimate of drug-likeness (QED) is 0.361. The Kier molecular flexibility index (Phi) is 8.07. The van der Waals surface area contributed by atoms with E-state index in [4.69, 9.17) is 4.98 Å². The summed E-state index contributed by atoms with van der Waals surface area (Å²) in [5, 5.41) is 3.18. The molecule has 1 amide bonds. The maximum atomic E-state index is 12.3. The van der Waals surface area contributed by atoms with Gasteiger partial charge in [0.25, 0.3) is 0 Å². The minimum Gasteiger partial charge on any atom is -0.356 e. The number of hydrogen-bond donors (Lipinski definition) is 1. The molecule has 4 rings (SSSR count). The van der Waals surface area contributed by atoms with E-state index in [1.807, 2.05) is 0 Å². The molecular formula is C30H41N3O. The Labute approximate surface area is 205 Å². The summed E-state index contributed by atoms with van der Waals surface area (Å²) in [4.78, 5) is 17.4. The number of unbranched alkanes of at least 4 members (excludes halogenated alkanes) is 2. The van der Waals surface area contributed by atoms with Crippen molar-refractivity contribution in [1.82, 2.24) is 14.9 Å². The van der Waals surface area contributed by atoms with Crippen LogP contribution in [-0.4, -0.2) is 22.0 Å². The van der Waals surface area contributed by atoms with Crippen molar-refractivity contribution in [3.05, 3.63) is 64.0 Å². The SMILES string of the molecule is Cc1cc(C)c(C)c(Cn2c(CCCCCNC(=O)C3CCCCC3)nc3ccccc32)c1C. The number of nitrogens with one attached hydrogen (secondary N) is 1. The summed E-state index contributed by atoms with van der Waals surface area (Å²) in [6.45, 7) is 10.6. The van der Waals surface area contributed by atoms with Gasteiger partial charge in [-0.1, -0.05) is 43.9 Å². The number of fused-ring (bicyclic) bond motifs is 1. The second-order valence-electron chi connectivity index (χ2n) is 10.3. The van der Waals surface area contributed by atoms with Crippen LogP contribution in [0.1, 0.15) is 85.0 Å². The van der Waals surface area contributed by atoms with E-state index in [2.05, 4.69) is 67.9 Å². The van der Waals surface area contributed by atoms with Gasteiger partial charge in [-0.05, 0) is 93.3 Å². The molecule has 1 aliphatic carbocycles. The lowest BCUT2D eigenvalue weighted by atomic mass is 9.89. The van der Waals surface area contributed by atoms with Gasteiger partial charge >= 0.3 is 0 Å². The zero-order valence-corrected chi connectivity index (χ0v) is 21.5. The number of nitrogens with zero attached hydrogens (tertiary/aromatic N) is 2. The Morgan fingerprint density at radius 1 is 0.971 bits per heavy atom. The highest BCUT2D eigenvalue weighted by Crippen LogP contribution is 2.26. The number of carbonyl (C=O) groups excluding carboxylic acids is 1. The average molecular weight is 460 g/mol. The Balaban J connectivity index is 1.39. The van der Waals surface area contributed by atoms with Crippen LogP contribution >= 0.6 is 0 Å². The van der Waals surface area contributed by atoms with Crippen LogP contribution in [0.4, 0.5) is 0 Å². The average Bonchev–Trinajstić information content (AvgIpc) is 3.20. The molecule has 0 atom stereocenters. The van der Waals surface area contributed by atoms with Gasteiger partial charge in [-0.3, -0.25) is 4.79 Å². The lowest BCUT2D eigenvalue weighted by Crippen LogP contribution is -2.32. The summed E-state index contributed by atoms with van der Waals surface area (Å²) in [7, 11) is 0. The summed E-state index contributed by atoms with van der Waals surface area (Å²) in [6, 6.07) is 10.8. The third-order valence-corrected chi connectivity index (χ3v) is 7.92. The van der Waals surface area contributed by atoms with E-state index in [1.54, 1.807) is 0 Å². The van der Waals surface area contributed by atoms with Crippen molar-refractivity contribution < 1.29 is 4.79 Å². The van der Waals surface area contributed by atoms with Gasteiger partial charge in [0.05, 0.1) is 11.0 Å². The molecule has 0 unspecified atom stereocenters. The highest BCUT2D eigenvalue weighted by atomic mass is 16.1. The summed E-state index contributed by atoms with van der Waals surface area (Å²) >= 11 is 0. The molecule has 4 nitrogen and oxygen atoms in total. The predicted octanol–water partition coefficient (Wildman–Crippen LogP) is 6.73. The zero-order chi connectivity index (χ0) is 24.1. The summed E-state index contributed by atoms with van der Waals surface area (Å²) < 4.78 is 2.42. The number of imidazole rings is 1. The third-order valence-electron chi connectivity index (χ3n) is 7.92. The highest BCUT2D eigenvalue weighted by Gasteiger charge is 2.20. The number of benzene rings is 2. The number of para-hydroxylation sites is 2. The zero-order valence-electron chi connectivity index (χ0n) is 21.5. The molecular weight excluding hydrogens is 418 g/mol. The van der Waals surface area contributed by atoms with Crippen LogP contribution in [0.15, 0.2) is 30.3 Å². The first kappa shape index (κ1) is 24.5. The van der Waals surface area contributed by atoms with Crippen LogP contribution in [0.25, 0.3) is 11.0 Å². The standard InChI is InChI=1S/C30H41N3O/c1-21-19-22(2)24(4)26(23(21)3)20-33-28-16-11-10-15-27(28)32-29(33)17-9-6-12-18-31-30(34)25-13-7-5-8-14-25/h10-11,15-16,19,25H,5-9,12-14,17-18,20H2,1-4H3,(H,31,34). The molecule has 0 radical (unpaired) electrons. The number of hydrogen-bond acceptors (Lipinski definition) is 2. The molecule has 1 fully saturated rings. The molecule has 34 heavy (non-hydrogen) atoms. The second-order valence-corrected chi connectivity index (χ2v) is 10.3. The lowest BCUT2D eigenvalue weighted by Gasteiger charge is -2.20. The van der Waals surface area contributed by atoms with Crippen molar-refractivity contribution in [2.24, 2.45) is 5.92 Å². The Hall–Kier alpha value is -2.62. The first-order valence-corrected chi connectivity index (χ1v) is 13.2. The van der Waals surface area contributed by atoms with Gasteiger partial charge < -0.3 is 9.88 Å². The van der Waals surface area contributed by atoms with Crippen LogP contribution in [0.3, 0.4) is 0 Å². The van der Waals surface area contributed by atoms with Crippen molar-refractivity contribution in [2.75, 3.05) is 6.54 Å². The van der Waals surface area contributed by atoms with E-state index < -0.39 is 0 Å². The highest BCUT2D eigenvalue weighted by molar-refractivity contribution is 5.78. The lowest BCUT2D eigenvalue weighted by molar-refractivity contribution is -0.125. The van der Waals surface area contributed by atoms with E-state index in [1.165, 1.54) is 58.4 Å². The number of aromatic nitrogens is 2. The smallest absolute Gasteiger partial charge is 0.223 e. The minimum atomic E-state index is 0.255. The number of amides is 1. The van der Waals surface area contributed by atoms with Gasteiger partial charge in [0.1, 0.15) is 5.82 Å². The van der Waals surface area contributed by atoms with E-state index in [9.17, 15) is 4.79 Å². The van der Waals surface area contributed by atoms with Crippen LogP contribution in [0, 0.1) is 33.6 Å². The van der Waals surface area contributed by atoms with Crippen molar-refractivity contribution in [1.29, 1.82) is 0 Å². The molecule has 3 aromatic rings. The third kappa shape index (κ3) is 5.54. The molecule has 1 saturated carbocycles. The maximum Gasteiger partial charge on any atom is 0.223 e. The minimum absolute atomic E-state index is 0.255. The second kappa shape index (κ2) is 11.2. The fraction of sp³-hybridized carbons (Fsp3) is 0.533. The van der Waals surface area contributed by atoms with E-state index >= 15 is 0 Å². The topological polar surface area (TPSA) is 46.9 Å². The molecule has 0 bridgehead atoms. The summed E-state index contributed by atoms with van der Waals surface area (Å²) in [5.41, 5.74) is 9.22. The summed E-state index contributed by atoms with van der Waals surface area (Å²) in [5.74, 6) is 1.71. The summed E-state index contributed by atoms with van der Waals surface area (Å²) in [6.07, 6.45) is 10.0. The fourth-order valence-corrected chi connectivity index (χ4v) is 5.49. The molecule has 1 heterocycles. The predicted molar refractivity (Wildman–Crippen MR) is 141 cm³/mol. The van der Waals surface area contributed by atoms with Crippen LogP contribution in [0.5, 0.6) is 0 Å². The van der Waals surface area contributed by atoms with Crippen molar-refractivity contribution in [2.45, 2.75) is 92.0 Å². The number of carbonyl (C=O) groups is 1. The van der Waals surface area contributed by atoms with E-state index in [-0.39, 0.29) is 11.8 Å². The molecule has 1 aliphatic rings. The molecule has 1 N–H and O–H groups in total. The molecule has 0 spiro atoms. The molecule has 4 heteroatoms. The molecule has 2 aromatic carbocycles. The Morgan fingerprint density at radius 3 is 2.41 bits per heavy atom. The Morgan fingerprint density at radius 2 is 1.68 bits per heavy atom. The molecule has 1 aromatic heterocycles. The molecule has 0 aliphatic heterocycles. The van der Waals surface area contributed by atoms with Crippen molar-refractivity contribution in [3.8, 4) is 0 Å². The van der Waals surface area contributed by atoms with Crippen molar-refractivity contribution in [3.63, 3.8) is 0 Å². The van der Waals surface area contributed by atoms with Gasteiger partial charge in [0.15, 0.2) is 0 Å². The van der Waals surface area contributed by atoms with E-state index in [0.717, 1.165) is 57.1 Å². The normalized spacial score (nSPS) is 14.6. The van der Waals surface area contributed by atoms with E-state index in [0.29, 0.717) is 0 Å². The first-order chi connectivity index (χ1) is 16.5. The van der Waals surface area contributed by atoms with Gasteiger partial charge in [-0.15, -0.1) is 0 Å². The number of rotatable bonds is 9. The molecule has 182 valence electrons. The molecule has 0 saturated heterocycles. The van der Waals surface area contributed by atoms with Crippen molar-refractivity contribution >= 4 is 16.9 Å². The largest absolute Gasteiger partial charge is 0.356 e. The van der Waals surface area contributed by atoms with Crippen LogP contribution < -0.4 is 5.32 Å². The Bertz CT molecular complexity index is 1110. The van der Waals surface area contributed by atoms with Gasteiger partial charge in [0.2, 0.25) is 5.91 Å². The van der Waals surface area contributed by atoms with Gasteiger partial charge in [-0.2, -0.15) is 0 Å².